The molecule has 0 saturated heterocycles. The summed E-state index contributed by atoms with van der Waals surface area (Å²) in [5, 5.41) is 10.3. The average Bonchev–Trinajstić information content (AvgIpc) is 2.51. The van der Waals surface area contributed by atoms with Crippen molar-refractivity contribution in [1.29, 1.82) is 0 Å². The Morgan fingerprint density at radius 2 is 2.43 bits per heavy atom. The summed E-state index contributed by atoms with van der Waals surface area (Å²) in [4.78, 5) is 10.2. The van der Waals surface area contributed by atoms with Gasteiger partial charge in [-0.05, 0) is 6.92 Å². The van der Waals surface area contributed by atoms with Gasteiger partial charge in [-0.15, -0.1) is 0 Å². The van der Waals surface area contributed by atoms with Crippen LogP contribution in [0.2, 0.25) is 0 Å². The van der Waals surface area contributed by atoms with E-state index in [0.29, 0.717) is 13.1 Å². The maximum atomic E-state index is 10.2. The lowest BCUT2D eigenvalue weighted by molar-refractivity contribution is 0.157. The highest BCUT2D eigenvalue weighted by Crippen LogP contribution is 1.98. The molecule has 0 unspecified atom stereocenters. The molecule has 0 aromatic carbocycles. The Kier molecular flexibility index (Phi) is 3.86. The van der Waals surface area contributed by atoms with E-state index in [9.17, 15) is 4.79 Å². The minimum absolute atomic E-state index is 0.236. The van der Waals surface area contributed by atoms with Crippen LogP contribution < -0.4 is 11.1 Å². The molecule has 0 atom stereocenters. The molecule has 0 spiro atoms. The van der Waals surface area contributed by atoms with Crippen LogP contribution in [0.5, 0.6) is 0 Å². The van der Waals surface area contributed by atoms with E-state index in [1.807, 2.05) is 0 Å². The van der Waals surface area contributed by atoms with E-state index in [4.69, 9.17) is 5.73 Å². The molecule has 1 amide bonds. The van der Waals surface area contributed by atoms with Crippen LogP contribution in [0.1, 0.15) is 11.4 Å². The smallest absolute Gasteiger partial charge is 0.404 e. The van der Waals surface area contributed by atoms with Gasteiger partial charge in [-0.3, -0.25) is 0 Å². The third-order valence-corrected chi connectivity index (χ3v) is 1.56. The fourth-order valence-corrected chi connectivity index (χ4v) is 0.840. The highest BCUT2D eigenvalue weighted by atomic mass is 16.6. The number of nitrogens with zero attached hydrogens (tertiary/aromatic N) is 2. The second-order valence-electron chi connectivity index (χ2n) is 2.64. The van der Waals surface area contributed by atoms with Gasteiger partial charge in [0.05, 0.1) is 0 Å². The molecule has 0 aliphatic rings. The summed E-state index contributed by atoms with van der Waals surface area (Å²) in [6.07, 6.45) is -0.772. The first kappa shape index (κ1) is 10.5. The van der Waals surface area contributed by atoms with Gasteiger partial charge in [-0.2, -0.15) is 0 Å². The van der Waals surface area contributed by atoms with Crippen LogP contribution in [0.25, 0.3) is 0 Å². The minimum atomic E-state index is -0.772. The third kappa shape index (κ3) is 3.40. The number of aromatic nitrogens is 2. The Bertz CT molecular complexity index is 299. The van der Waals surface area contributed by atoms with Crippen molar-refractivity contribution in [3.63, 3.8) is 0 Å². The first-order valence-corrected chi connectivity index (χ1v) is 4.11. The number of carbonyl (C=O) groups is 1. The highest BCUT2D eigenvalue weighted by Gasteiger charge is 2.03. The molecule has 1 aromatic heterocycles. The molecule has 1 heterocycles. The van der Waals surface area contributed by atoms with Gasteiger partial charge in [-0.1, -0.05) is 10.3 Å². The number of hydrogen-bond donors (Lipinski definition) is 2. The van der Waals surface area contributed by atoms with Gasteiger partial charge in [0.1, 0.15) is 18.0 Å². The number of primary amides is 1. The molecular weight excluding hydrogens is 188 g/mol. The van der Waals surface area contributed by atoms with Crippen LogP contribution in [-0.4, -0.2) is 29.6 Å². The van der Waals surface area contributed by atoms with Gasteiger partial charge in [0, 0.05) is 13.1 Å². The van der Waals surface area contributed by atoms with E-state index in [1.165, 1.54) is 0 Å². The zero-order valence-electron chi connectivity index (χ0n) is 7.82. The van der Waals surface area contributed by atoms with E-state index < -0.39 is 6.09 Å². The van der Waals surface area contributed by atoms with Gasteiger partial charge < -0.3 is 15.8 Å². The van der Waals surface area contributed by atoms with E-state index in [-0.39, 0.29) is 6.61 Å². The monoisotopic (exact) mass is 200 g/mol. The number of amides is 1. The Morgan fingerprint density at radius 3 is 3.00 bits per heavy atom. The quantitative estimate of drug-likeness (QED) is 0.624. The molecule has 3 N–H and O–H groups in total. The summed E-state index contributed by atoms with van der Waals surface area (Å²) in [5.74, 6) is 0. The van der Waals surface area contributed by atoms with Gasteiger partial charge in [0.2, 0.25) is 0 Å². The van der Waals surface area contributed by atoms with Crippen molar-refractivity contribution >= 4 is 6.09 Å². The molecule has 0 aliphatic heterocycles. The standard InChI is InChI=1S/C7H12N4O3/c1-5-6(11-14-10-5)4-9-2-3-13-7(8)12/h9H,2-4H2,1H3,(H2,8,12). The largest absolute Gasteiger partial charge is 0.448 e. The van der Waals surface area contributed by atoms with Crippen LogP contribution in [0.3, 0.4) is 0 Å². The lowest BCUT2D eigenvalue weighted by Crippen LogP contribution is -2.23. The summed E-state index contributed by atoms with van der Waals surface area (Å²) in [6, 6.07) is 0. The summed E-state index contributed by atoms with van der Waals surface area (Å²) < 4.78 is 9.00. The molecular formula is C7H12N4O3. The van der Waals surface area contributed by atoms with Crippen molar-refractivity contribution < 1.29 is 14.2 Å². The van der Waals surface area contributed by atoms with E-state index in [0.717, 1.165) is 11.4 Å². The van der Waals surface area contributed by atoms with Crippen molar-refractivity contribution in [2.24, 2.45) is 5.73 Å². The predicted octanol–water partition coefficient (Wildman–Crippen LogP) is -0.437. The molecule has 7 nitrogen and oxygen atoms in total. The van der Waals surface area contributed by atoms with E-state index in [2.05, 4.69) is 25.0 Å². The molecule has 0 fully saturated rings. The number of ether oxygens (including phenoxy) is 1. The lowest BCUT2D eigenvalue weighted by Gasteiger charge is -2.02. The molecule has 0 aliphatic carbocycles. The minimum Gasteiger partial charge on any atom is -0.448 e. The SMILES string of the molecule is Cc1nonc1CNCCOC(N)=O. The number of aryl methyl sites for hydroxylation is 1. The summed E-state index contributed by atoms with van der Waals surface area (Å²) in [5.41, 5.74) is 6.25. The van der Waals surface area contributed by atoms with Crippen molar-refractivity contribution in [2.75, 3.05) is 13.2 Å². The fourth-order valence-electron chi connectivity index (χ4n) is 0.840. The maximum Gasteiger partial charge on any atom is 0.404 e. The first-order valence-electron chi connectivity index (χ1n) is 4.11. The van der Waals surface area contributed by atoms with E-state index in [1.54, 1.807) is 6.92 Å². The topological polar surface area (TPSA) is 103 Å². The van der Waals surface area contributed by atoms with Crippen LogP contribution in [0, 0.1) is 6.92 Å². The molecule has 7 heteroatoms. The van der Waals surface area contributed by atoms with Crippen LogP contribution >= 0.6 is 0 Å². The summed E-state index contributed by atoms with van der Waals surface area (Å²) >= 11 is 0. The van der Waals surface area contributed by atoms with Gasteiger partial charge in [0.15, 0.2) is 0 Å². The Morgan fingerprint density at radius 1 is 1.64 bits per heavy atom. The zero-order valence-corrected chi connectivity index (χ0v) is 7.82. The van der Waals surface area contributed by atoms with E-state index >= 15 is 0 Å². The maximum absolute atomic E-state index is 10.2. The normalized spacial score (nSPS) is 10.1. The lowest BCUT2D eigenvalue weighted by atomic mass is 10.3. The predicted molar refractivity (Wildman–Crippen MR) is 46.3 cm³/mol. The molecule has 1 aromatic rings. The number of hydrogen-bond acceptors (Lipinski definition) is 6. The third-order valence-electron chi connectivity index (χ3n) is 1.56. The molecule has 78 valence electrons. The molecule has 0 radical (unpaired) electrons. The first-order chi connectivity index (χ1) is 6.70. The number of nitrogens with one attached hydrogen (secondary N) is 1. The van der Waals surface area contributed by atoms with Crippen molar-refractivity contribution in [2.45, 2.75) is 13.5 Å². The number of nitrogens with two attached hydrogens (primary N) is 1. The summed E-state index contributed by atoms with van der Waals surface area (Å²) in [6.45, 7) is 3.07. The van der Waals surface area contributed by atoms with Crippen molar-refractivity contribution in [3.8, 4) is 0 Å². The molecule has 1 rings (SSSR count). The molecule has 0 saturated carbocycles. The van der Waals surface area contributed by atoms with Crippen LogP contribution in [0.15, 0.2) is 4.63 Å². The Hall–Kier alpha value is -1.63. The van der Waals surface area contributed by atoms with Gasteiger partial charge >= 0.3 is 6.09 Å². The zero-order chi connectivity index (χ0) is 10.4. The Balaban J connectivity index is 2.10. The van der Waals surface area contributed by atoms with Crippen molar-refractivity contribution in [1.82, 2.24) is 15.6 Å². The summed E-state index contributed by atoms with van der Waals surface area (Å²) in [7, 11) is 0. The Labute approximate surface area is 80.6 Å². The average molecular weight is 200 g/mol. The molecule has 14 heavy (non-hydrogen) atoms. The van der Waals surface area contributed by atoms with Gasteiger partial charge in [0.25, 0.3) is 0 Å². The van der Waals surface area contributed by atoms with Gasteiger partial charge in [-0.25, -0.2) is 9.42 Å². The second kappa shape index (κ2) is 5.18. The van der Waals surface area contributed by atoms with Crippen LogP contribution in [0.4, 0.5) is 4.79 Å². The molecule has 0 bridgehead atoms. The fraction of sp³-hybridized carbons (Fsp3) is 0.571. The number of rotatable bonds is 5. The van der Waals surface area contributed by atoms with Crippen LogP contribution in [-0.2, 0) is 11.3 Å². The number of carbonyl (C=O) groups excluding carboxylic acids is 1. The van der Waals surface area contributed by atoms with Crippen molar-refractivity contribution in [3.05, 3.63) is 11.4 Å². The second-order valence-corrected chi connectivity index (χ2v) is 2.64. The highest BCUT2D eigenvalue weighted by molar-refractivity contribution is 5.64.